The Labute approximate surface area is 101 Å². The summed E-state index contributed by atoms with van der Waals surface area (Å²) < 4.78 is 5.11. The van der Waals surface area contributed by atoms with Crippen LogP contribution in [0.15, 0.2) is 30.3 Å². The molecule has 16 heavy (non-hydrogen) atoms. The Balaban J connectivity index is 2.33. The molecule has 0 atom stereocenters. The van der Waals surface area contributed by atoms with Gasteiger partial charge in [0.2, 0.25) is 0 Å². The van der Waals surface area contributed by atoms with Gasteiger partial charge in [-0.25, -0.2) is 0 Å². The molecule has 4 heteroatoms. The zero-order valence-electron chi connectivity index (χ0n) is 9.47. The normalized spacial score (nSPS) is 9.62. The lowest BCUT2D eigenvalue weighted by Crippen LogP contribution is -2.30. The van der Waals surface area contributed by atoms with Crippen molar-refractivity contribution in [3.63, 3.8) is 0 Å². The number of esters is 1. The van der Waals surface area contributed by atoms with Gasteiger partial charge in [0.25, 0.3) is 0 Å². The maximum Gasteiger partial charge on any atom is 0.325 e. The quantitative estimate of drug-likeness (QED) is 0.592. The van der Waals surface area contributed by atoms with Crippen LogP contribution in [0, 0.1) is 0 Å². The zero-order valence-corrected chi connectivity index (χ0v) is 10.3. The first-order valence-corrected chi connectivity index (χ1v) is 5.41. The van der Waals surface area contributed by atoms with E-state index in [9.17, 15) is 4.79 Å². The summed E-state index contributed by atoms with van der Waals surface area (Å²) in [6.07, 6.45) is 0. The van der Waals surface area contributed by atoms with Crippen molar-refractivity contribution in [2.75, 3.05) is 13.6 Å². The summed E-state index contributed by atoms with van der Waals surface area (Å²) in [7, 11) is 1.77. The molecular weight excluding hydrogens is 222 g/mol. The summed E-state index contributed by atoms with van der Waals surface area (Å²) in [5, 5.41) is 0. The Morgan fingerprint density at radius 1 is 1.38 bits per heavy atom. The standard InChI is InChI=1S/C12H15NO2S/c1-10(16)13(2)8-12(14)15-9-11-6-4-3-5-7-11/h3-7H,8-9H2,1-2H3. The molecule has 0 saturated carbocycles. The first-order valence-electron chi connectivity index (χ1n) is 5.01. The molecule has 3 nitrogen and oxygen atoms in total. The van der Waals surface area contributed by atoms with Crippen molar-refractivity contribution in [3.05, 3.63) is 35.9 Å². The van der Waals surface area contributed by atoms with Gasteiger partial charge in [0.15, 0.2) is 0 Å². The summed E-state index contributed by atoms with van der Waals surface area (Å²) in [6, 6.07) is 9.59. The monoisotopic (exact) mass is 237 g/mol. The lowest BCUT2D eigenvalue weighted by molar-refractivity contribution is -0.145. The van der Waals surface area contributed by atoms with Crippen molar-refractivity contribution in [1.29, 1.82) is 0 Å². The number of ether oxygens (including phenoxy) is 1. The van der Waals surface area contributed by atoms with E-state index in [1.807, 2.05) is 30.3 Å². The second-order valence-electron chi connectivity index (χ2n) is 3.52. The summed E-state index contributed by atoms with van der Waals surface area (Å²) in [5.41, 5.74) is 0.984. The highest BCUT2D eigenvalue weighted by atomic mass is 32.1. The van der Waals surface area contributed by atoms with Crippen LogP contribution >= 0.6 is 12.2 Å². The van der Waals surface area contributed by atoms with Gasteiger partial charge in [-0.15, -0.1) is 0 Å². The Morgan fingerprint density at radius 3 is 2.56 bits per heavy atom. The third-order valence-corrected chi connectivity index (χ3v) is 2.46. The van der Waals surface area contributed by atoms with E-state index >= 15 is 0 Å². The first-order chi connectivity index (χ1) is 7.59. The Morgan fingerprint density at radius 2 is 2.00 bits per heavy atom. The highest BCUT2D eigenvalue weighted by Gasteiger charge is 2.07. The fraction of sp³-hybridized carbons (Fsp3) is 0.333. The molecule has 0 amide bonds. The topological polar surface area (TPSA) is 29.5 Å². The Kier molecular flexibility index (Phi) is 4.92. The van der Waals surface area contributed by atoms with Gasteiger partial charge in [0, 0.05) is 7.05 Å². The van der Waals surface area contributed by atoms with Crippen molar-refractivity contribution in [2.24, 2.45) is 0 Å². The van der Waals surface area contributed by atoms with Crippen LogP contribution in [0.25, 0.3) is 0 Å². The van der Waals surface area contributed by atoms with Gasteiger partial charge in [-0.3, -0.25) is 4.79 Å². The van der Waals surface area contributed by atoms with E-state index in [0.717, 1.165) is 5.56 Å². The van der Waals surface area contributed by atoms with E-state index in [-0.39, 0.29) is 12.5 Å². The molecule has 0 aliphatic heterocycles. The summed E-state index contributed by atoms with van der Waals surface area (Å²) >= 11 is 4.93. The summed E-state index contributed by atoms with van der Waals surface area (Å²) in [6.45, 7) is 2.28. The molecule has 0 bridgehead atoms. The van der Waals surface area contributed by atoms with Crippen molar-refractivity contribution in [1.82, 2.24) is 4.90 Å². The Bertz CT molecular complexity index is 365. The van der Waals surface area contributed by atoms with E-state index < -0.39 is 0 Å². The lowest BCUT2D eigenvalue weighted by atomic mass is 10.2. The largest absolute Gasteiger partial charge is 0.459 e. The lowest BCUT2D eigenvalue weighted by Gasteiger charge is -2.15. The van der Waals surface area contributed by atoms with Crippen LogP contribution in [0.4, 0.5) is 0 Å². The van der Waals surface area contributed by atoms with Crippen molar-refractivity contribution in [2.45, 2.75) is 13.5 Å². The van der Waals surface area contributed by atoms with Crippen LogP contribution in [0.1, 0.15) is 12.5 Å². The molecule has 1 aromatic rings. The van der Waals surface area contributed by atoms with Crippen LogP contribution in [-0.2, 0) is 16.1 Å². The first kappa shape index (κ1) is 12.6. The molecule has 0 saturated heterocycles. The van der Waals surface area contributed by atoms with E-state index in [0.29, 0.717) is 11.6 Å². The molecule has 1 rings (SSSR count). The molecule has 0 aliphatic rings. The van der Waals surface area contributed by atoms with Gasteiger partial charge in [-0.1, -0.05) is 42.5 Å². The molecule has 0 spiro atoms. The molecule has 1 aromatic carbocycles. The molecule has 86 valence electrons. The molecule has 0 radical (unpaired) electrons. The molecular formula is C12H15NO2S. The second kappa shape index (κ2) is 6.23. The van der Waals surface area contributed by atoms with Gasteiger partial charge >= 0.3 is 5.97 Å². The van der Waals surface area contributed by atoms with Gasteiger partial charge < -0.3 is 9.64 Å². The predicted molar refractivity (Wildman–Crippen MR) is 67.1 cm³/mol. The fourth-order valence-electron chi connectivity index (χ4n) is 1.09. The third kappa shape index (κ3) is 4.40. The molecule has 0 fully saturated rings. The minimum absolute atomic E-state index is 0.197. The second-order valence-corrected chi connectivity index (χ2v) is 4.11. The average Bonchev–Trinajstić information content (AvgIpc) is 2.27. The van der Waals surface area contributed by atoms with E-state index in [4.69, 9.17) is 17.0 Å². The molecule has 0 aromatic heterocycles. The third-order valence-electron chi connectivity index (χ3n) is 2.15. The molecule has 0 N–H and O–H groups in total. The Hall–Kier alpha value is -1.42. The highest BCUT2D eigenvalue weighted by molar-refractivity contribution is 7.80. The van der Waals surface area contributed by atoms with Crippen molar-refractivity contribution < 1.29 is 9.53 Å². The zero-order chi connectivity index (χ0) is 12.0. The van der Waals surface area contributed by atoms with E-state index in [1.54, 1.807) is 18.9 Å². The van der Waals surface area contributed by atoms with Gasteiger partial charge in [-0.05, 0) is 12.5 Å². The van der Waals surface area contributed by atoms with E-state index in [2.05, 4.69) is 0 Å². The number of nitrogens with zero attached hydrogens (tertiary/aromatic N) is 1. The summed E-state index contributed by atoms with van der Waals surface area (Å²) in [5.74, 6) is -0.268. The van der Waals surface area contributed by atoms with Gasteiger partial charge in [0.1, 0.15) is 13.2 Å². The van der Waals surface area contributed by atoms with Crippen LogP contribution in [0.3, 0.4) is 0 Å². The van der Waals surface area contributed by atoms with Gasteiger partial charge in [0.05, 0.1) is 4.99 Å². The number of hydrogen-bond acceptors (Lipinski definition) is 3. The van der Waals surface area contributed by atoms with Crippen LogP contribution in [0.2, 0.25) is 0 Å². The van der Waals surface area contributed by atoms with Crippen LogP contribution in [-0.4, -0.2) is 29.5 Å². The number of hydrogen-bond donors (Lipinski definition) is 0. The number of benzene rings is 1. The number of carbonyl (C=O) groups is 1. The minimum atomic E-state index is -0.268. The van der Waals surface area contributed by atoms with Gasteiger partial charge in [-0.2, -0.15) is 0 Å². The fourth-order valence-corrected chi connectivity index (χ4v) is 1.15. The predicted octanol–water partition coefficient (Wildman–Crippen LogP) is 2.01. The van der Waals surface area contributed by atoms with Crippen LogP contribution in [0.5, 0.6) is 0 Å². The number of carbonyl (C=O) groups excluding carboxylic acids is 1. The highest BCUT2D eigenvalue weighted by Crippen LogP contribution is 2.01. The maximum absolute atomic E-state index is 11.4. The maximum atomic E-state index is 11.4. The smallest absolute Gasteiger partial charge is 0.325 e. The molecule has 0 unspecified atom stereocenters. The average molecular weight is 237 g/mol. The van der Waals surface area contributed by atoms with Crippen LogP contribution < -0.4 is 0 Å². The van der Waals surface area contributed by atoms with Crippen molar-refractivity contribution in [3.8, 4) is 0 Å². The van der Waals surface area contributed by atoms with E-state index in [1.165, 1.54) is 0 Å². The molecule has 0 aliphatic carbocycles. The molecule has 0 heterocycles. The number of thiocarbonyl (C=S) groups is 1. The SMILES string of the molecule is CC(=S)N(C)CC(=O)OCc1ccccc1. The van der Waals surface area contributed by atoms with Crippen molar-refractivity contribution >= 4 is 23.2 Å². The summed E-state index contributed by atoms with van der Waals surface area (Å²) in [4.78, 5) is 13.8. The number of likely N-dealkylation sites (N-methyl/N-ethyl adjacent to an activating group) is 1. The minimum Gasteiger partial charge on any atom is -0.459 e. The number of rotatable bonds is 4.